The highest BCUT2D eigenvalue weighted by Gasteiger charge is 2.59. The highest BCUT2D eigenvalue weighted by Crippen LogP contribution is 2.45. The molecule has 8 heteroatoms. The topological polar surface area (TPSA) is 73.1 Å². The standard InChI is InChI=1S/C17H19F3N2O3/c1-10-6-5-7-11(13(10)23)15(24)22-16(25)9-4-2-3-8-12(16)14(21-22)17(18,19)20/h5-7,12,23,25H,2-4,8-9H2,1H3/t12-,16-/m0/s1. The molecule has 1 saturated carbocycles. The number of rotatable bonds is 1. The van der Waals surface area contributed by atoms with Crippen LogP contribution in [-0.4, -0.2) is 38.7 Å². The van der Waals surface area contributed by atoms with E-state index in [-0.39, 0.29) is 24.2 Å². The average Bonchev–Trinajstić information content (AvgIpc) is 2.69. The maximum Gasteiger partial charge on any atom is 0.431 e. The van der Waals surface area contributed by atoms with E-state index in [0.29, 0.717) is 29.8 Å². The van der Waals surface area contributed by atoms with Gasteiger partial charge in [0.05, 0.1) is 11.5 Å². The van der Waals surface area contributed by atoms with E-state index < -0.39 is 29.4 Å². The van der Waals surface area contributed by atoms with Crippen molar-refractivity contribution in [2.24, 2.45) is 11.0 Å². The number of hydrogen-bond acceptors (Lipinski definition) is 4. The van der Waals surface area contributed by atoms with Gasteiger partial charge in [-0.3, -0.25) is 4.79 Å². The van der Waals surface area contributed by atoms with Crippen molar-refractivity contribution in [1.82, 2.24) is 5.01 Å². The Labute approximate surface area is 142 Å². The number of nitrogens with zero attached hydrogens (tertiary/aromatic N) is 2. The number of phenols is 1. The van der Waals surface area contributed by atoms with Gasteiger partial charge in [-0.05, 0) is 37.8 Å². The molecule has 1 aromatic carbocycles. The number of phenolic OH excluding ortho intramolecular Hbond substituents is 1. The number of aliphatic hydroxyl groups is 1. The Bertz CT molecular complexity index is 732. The minimum Gasteiger partial charge on any atom is -0.507 e. The van der Waals surface area contributed by atoms with E-state index in [1.165, 1.54) is 12.1 Å². The molecule has 1 amide bonds. The molecule has 0 saturated heterocycles. The fourth-order valence-electron chi connectivity index (χ4n) is 3.61. The third-order valence-electron chi connectivity index (χ3n) is 4.95. The normalized spacial score (nSPS) is 26.8. The number of benzene rings is 1. The van der Waals surface area contributed by atoms with E-state index >= 15 is 0 Å². The summed E-state index contributed by atoms with van der Waals surface area (Å²) in [5, 5.41) is 25.1. The predicted octanol–water partition coefficient (Wildman–Crippen LogP) is 3.34. The van der Waals surface area contributed by atoms with Crippen molar-refractivity contribution in [2.75, 3.05) is 0 Å². The summed E-state index contributed by atoms with van der Waals surface area (Å²) >= 11 is 0. The van der Waals surface area contributed by atoms with Crippen LogP contribution >= 0.6 is 0 Å². The number of aromatic hydroxyl groups is 1. The fraction of sp³-hybridized carbons (Fsp3) is 0.529. The van der Waals surface area contributed by atoms with E-state index in [0.717, 1.165) is 0 Å². The number of carbonyl (C=O) groups excluding carboxylic acids is 1. The second-order valence-electron chi connectivity index (χ2n) is 6.60. The number of hydrogen-bond donors (Lipinski definition) is 2. The maximum absolute atomic E-state index is 13.4. The van der Waals surface area contributed by atoms with Crippen molar-refractivity contribution in [1.29, 1.82) is 0 Å². The molecule has 0 radical (unpaired) electrons. The summed E-state index contributed by atoms with van der Waals surface area (Å²) in [6.07, 6.45) is -2.90. The van der Waals surface area contributed by atoms with Gasteiger partial charge in [-0.25, -0.2) is 0 Å². The predicted molar refractivity (Wildman–Crippen MR) is 84.0 cm³/mol. The summed E-state index contributed by atoms with van der Waals surface area (Å²) in [7, 11) is 0. The van der Waals surface area contributed by atoms with Gasteiger partial charge in [0, 0.05) is 0 Å². The molecule has 3 rings (SSSR count). The number of halogens is 3. The summed E-state index contributed by atoms with van der Waals surface area (Å²) in [5.41, 5.74) is -2.91. The molecule has 2 atom stereocenters. The van der Waals surface area contributed by atoms with Crippen LogP contribution in [0, 0.1) is 12.8 Å². The van der Waals surface area contributed by atoms with Gasteiger partial charge >= 0.3 is 6.18 Å². The highest BCUT2D eigenvalue weighted by molar-refractivity contribution is 6.02. The SMILES string of the molecule is Cc1cccc(C(=O)N2N=C(C(F)(F)F)[C@@H]3CCCCC[C@]32O)c1O. The first kappa shape index (κ1) is 17.7. The van der Waals surface area contributed by atoms with E-state index in [1.807, 2.05) is 0 Å². The molecule has 5 nitrogen and oxygen atoms in total. The summed E-state index contributed by atoms with van der Waals surface area (Å²) in [6, 6.07) is 4.39. The molecule has 0 aromatic heterocycles. The summed E-state index contributed by atoms with van der Waals surface area (Å²) in [6.45, 7) is 1.57. The lowest BCUT2D eigenvalue weighted by molar-refractivity contribution is -0.108. The Hall–Kier alpha value is -2.09. The number of aryl methyl sites for hydroxylation is 1. The molecule has 1 heterocycles. The van der Waals surface area contributed by atoms with Crippen molar-refractivity contribution >= 4 is 11.6 Å². The number of alkyl halides is 3. The van der Waals surface area contributed by atoms with Crippen molar-refractivity contribution in [3.8, 4) is 5.75 Å². The number of carbonyl (C=O) groups is 1. The Morgan fingerprint density at radius 3 is 2.72 bits per heavy atom. The van der Waals surface area contributed by atoms with Crippen LogP contribution in [-0.2, 0) is 0 Å². The zero-order valence-electron chi connectivity index (χ0n) is 13.7. The number of amides is 1. The van der Waals surface area contributed by atoms with Crippen LogP contribution in [0.3, 0.4) is 0 Å². The van der Waals surface area contributed by atoms with Crippen LogP contribution in [0.15, 0.2) is 23.3 Å². The monoisotopic (exact) mass is 356 g/mol. The number of fused-ring (bicyclic) bond motifs is 1. The second-order valence-corrected chi connectivity index (χ2v) is 6.60. The molecule has 0 bridgehead atoms. The van der Waals surface area contributed by atoms with Gasteiger partial charge < -0.3 is 10.2 Å². The van der Waals surface area contributed by atoms with E-state index in [2.05, 4.69) is 5.10 Å². The van der Waals surface area contributed by atoms with Crippen LogP contribution in [0.1, 0.15) is 48.0 Å². The van der Waals surface area contributed by atoms with E-state index in [1.54, 1.807) is 13.0 Å². The lowest BCUT2D eigenvalue weighted by Crippen LogP contribution is -2.51. The molecule has 0 spiro atoms. The van der Waals surface area contributed by atoms with Gasteiger partial charge in [-0.15, -0.1) is 0 Å². The smallest absolute Gasteiger partial charge is 0.431 e. The van der Waals surface area contributed by atoms with Crippen molar-refractivity contribution < 1.29 is 28.2 Å². The zero-order valence-corrected chi connectivity index (χ0v) is 13.7. The average molecular weight is 356 g/mol. The molecule has 1 aliphatic heterocycles. The molecule has 25 heavy (non-hydrogen) atoms. The largest absolute Gasteiger partial charge is 0.507 e. The molecular weight excluding hydrogens is 337 g/mol. The Morgan fingerprint density at radius 2 is 2.04 bits per heavy atom. The van der Waals surface area contributed by atoms with E-state index in [9.17, 15) is 28.2 Å². The van der Waals surface area contributed by atoms with Gasteiger partial charge in [-0.1, -0.05) is 25.0 Å². The Balaban J connectivity index is 2.08. The quantitative estimate of drug-likeness (QED) is 0.811. The van der Waals surface area contributed by atoms with Gasteiger partial charge in [0.25, 0.3) is 5.91 Å². The minimum absolute atomic E-state index is 0.0130. The highest BCUT2D eigenvalue weighted by atomic mass is 19.4. The minimum atomic E-state index is -4.73. The first-order chi connectivity index (χ1) is 11.7. The molecule has 2 aliphatic rings. The summed E-state index contributed by atoms with van der Waals surface area (Å²) < 4.78 is 40.2. The molecule has 136 valence electrons. The summed E-state index contributed by atoms with van der Waals surface area (Å²) in [4.78, 5) is 12.8. The van der Waals surface area contributed by atoms with Crippen LogP contribution in [0.4, 0.5) is 13.2 Å². The third-order valence-corrected chi connectivity index (χ3v) is 4.95. The van der Waals surface area contributed by atoms with Crippen LogP contribution in [0.2, 0.25) is 0 Å². The van der Waals surface area contributed by atoms with E-state index in [4.69, 9.17) is 0 Å². The first-order valence-electron chi connectivity index (χ1n) is 8.17. The van der Waals surface area contributed by atoms with Crippen molar-refractivity contribution in [3.63, 3.8) is 0 Å². The third kappa shape index (κ3) is 2.88. The van der Waals surface area contributed by atoms with Gasteiger partial charge in [0.2, 0.25) is 0 Å². The van der Waals surface area contributed by atoms with Crippen molar-refractivity contribution in [3.05, 3.63) is 29.3 Å². The molecule has 2 N–H and O–H groups in total. The van der Waals surface area contributed by atoms with Gasteiger partial charge in [0.1, 0.15) is 11.5 Å². The van der Waals surface area contributed by atoms with Crippen LogP contribution < -0.4 is 0 Å². The lowest BCUT2D eigenvalue weighted by Gasteiger charge is -2.35. The van der Waals surface area contributed by atoms with Gasteiger partial charge in [0.15, 0.2) is 5.72 Å². The maximum atomic E-state index is 13.4. The zero-order chi connectivity index (χ0) is 18.4. The van der Waals surface area contributed by atoms with Crippen LogP contribution in [0.25, 0.3) is 0 Å². The molecule has 1 aromatic rings. The van der Waals surface area contributed by atoms with Crippen molar-refractivity contribution in [2.45, 2.75) is 50.9 Å². The number of hydrazone groups is 1. The second kappa shape index (κ2) is 6.01. The summed E-state index contributed by atoms with van der Waals surface area (Å²) in [5.74, 6) is -2.53. The Morgan fingerprint density at radius 1 is 1.32 bits per heavy atom. The first-order valence-corrected chi connectivity index (χ1v) is 8.17. The molecule has 1 aliphatic carbocycles. The lowest BCUT2D eigenvalue weighted by atomic mass is 9.87. The Kier molecular flexibility index (Phi) is 4.26. The van der Waals surface area contributed by atoms with Crippen LogP contribution in [0.5, 0.6) is 5.75 Å². The molecule has 0 unspecified atom stereocenters. The molecular formula is C17H19F3N2O3. The number of para-hydroxylation sites is 1. The fourth-order valence-corrected chi connectivity index (χ4v) is 3.61. The molecule has 1 fully saturated rings. The van der Waals surface area contributed by atoms with Gasteiger partial charge in [-0.2, -0.15) is 23.3 Å².